The van der Waals surface area contributed by atoms with E-state index in [1.807, 2.05) is 6.08 Å². The molecule has 164 valence electrons. The molecule has 3 fully saturated rings. The van der Waals surface area contributed by atoms with Gasteiger partial charge >= 0.3 is 0 Å². The minimum atomic E-state index is 0.202. The van der Waals surface area contributed by atoms with Crippen molar-refractivity contribution < 1.29 is 4.79 Å². The van der Waals surface area contributed by atoms with E-state index in [0.29, 0.717) is 17.2 Å². The van der Waals surface area contributed by atoms with Crippen molar-refractivity contribution in [2.45, 2.75) is 105 Å². The highest BCUT2D eigenvalue weighted by molar-refractivity contribution is 5.91. The summed E-state index contributed by atoms with van der Waals surface area (Å²) in [5.41, 5.74) is 1.99. The van der Waals surface area contributed by atoms with E-state index in [9.17, 15) is 4.79 Å². The van der Waals surface area contributed by atoms with Crippen LogP contribution in [0.25, 0.3) is 0 Å². The van der Waals surface area contributed by atoms with Crippen LogP contribution in [0, 0.1) is 46.3 Å². The molecule has 0 aromatic heterocycles. The van der Waals surface area contributed by atoms with Gasteiger partial charge in [0.05, 0.1) is 0 Å². The van der Waals surface area contributed by atoms with Crippen LogP contribution in [0.15, 0.2) is 11.8 Å². The summed E-state index contributed by atoms with van der Waals surface area (Å²) in [4.78, 5) is 12.1. The van der Waals surface area contributed by atoms with Crippen LogP contribution in [0.1, 0.15) is 99.3 Å². The molecule has 4 aliphatic rings. The molecular weight excluding hydrogens is 354 g/mol. The summed E-state index contributed by atoms with van der Waals surface area (Å²) in [6.45, 7) is 14.8. The molecule has 0 bridgehead atoms. The lowest BCUT2D eigenvalue weighted by molar-refractivity contribution is -0.118. The van der Waals surface area contributed by atoms with Crippen LogP contribution in [0.4, 0.5) is 0 Å². The van der Waals surface area contributed by atoms with Gasteiger partial charge in [-0.15, -0.1) is 0 Å². The highest BCUT2D eigenvalue weighted by Crippen LogP contribution is 2.66. The fourth-order valence-electron chi connectivity index (χ4n) is 8.51. The SMILES string of the molecule is CC(C)CCC[C@@H](C)[C@H]1CC[C@H]2[C@@H]3[C@@H](C)NC4=CC(=O)CC[C@]4(C)[C@H]3CC[C@]12C. The molecule has 29 heavy (non-hydrogen) atoms. The Morgan fingerprint density at radius 2 is 1.83 bits per heavy atom. The zero-order valence-corrected chi connectivity index (χ0v) is 19.9. The van der Waals surface area contributed by atoms with Crippen LogP contribution < -0.4 is 5.32 Å². The summed E-state index contributed by atoms with van der Waals surface area (Å²) < 4.78 is 0. The molecule has 0 aromatic carbocycles. The van der Waals surface area contributed by atoms with Crippen molar-refractivity contribution in [3.63, 3.8) is 0 Å². The van der Waals surface area contributed by atoms with Crippen molar-refractivity contribution in [3.8, 4) is 0 Å². The standard InChI is InChI=1S/C27H45NO/c1-17(2)8-7-9-18(3)21-10-11-22-25-19(4)28-24-16-20(29)12-14-27(24,6)23(25)13-15-26(21,22)5/h16-19,21-23,25,28H,7-15H2,1-6H3/t18-,19-,21-,22+,23+,25+,26-,27-/m1/s1. The van der Waals surface area contributed by atoms with Crippen LogP contribution in [0.3, 0.4) is 0 Å². The maximum Gasteiger partial charge on any atom is 0.157 e. The van der Waals surface area contributed by atoms with Crippen molar-refractivity contribution >= 4 is 5.78 Å². The average Bonchev–Trinajstić information content (AvgIpc) is 3.00. The second kappa shape index (κ2) is 7.72. The molecule has 2 nitrogen and oxygen atoms in total. The van der Waals surface area contributed by atoms with Crippen LogP contribution in [-0.2, 0) is 4.79 Å². The fraction of sp³-hybridized carbons (Fsp3) is 0.889. The summed E-state index contributed by atoms with van der Waals surface area (Å²) in [7, 11) is 0. The van der Waals surface area contributed by atoms with Gasteiger partial charge < -0.3 is 5.32 Å². The molecule has 0 aromatic rings. The smallest absolute Gasteiger partial charge is 0.157 e. The number of carbonyl (C=O) groups is 1. The topological polar surface area (TPSA) is 29.1 Å². The van der Waals surface area contributed by atoms with Gasteiger partial charge in [-0.2, -0.15) is 0 Å². The van der Waals surface area contributed by atoms with E-state index < -0.39 is 0 Å². The Balaban J connectivity index is 1.54. The minimum absolute atomic E-state index is 0.202. The number of allylic oxidation sites excluding steroid dienone is 2. The first-order valence-corrected chi connectivity index (χ1v) is 12.7. The summed E-state index contributed by atoms with van der Waals surface area (Å²) in [6, 6.07) is 0.504. The molecule has 1 aliphatic heterocycles. The lowest BCUT2D eigenvalue weighted by Gasteiger charge is -2.60. The number of carbonyl (C=O) groups excluding carboxylic acids is 1. The number of hydrogen-bond acceptors (Lipinski definition) is 2. The predicted octanol–water partition coefficient (Wildman–Crippen LogP) is 6.75. The van der Waals surface area contributed by atoms with Crippen molar-refractivity contribution in [3.05, 3.63) is 11.8 Å². The molecule has 1 saturated heterocycles. The third kappa shape index (κ3) is 3.51. The Hall–Kier alpha value is -0.790. The quantitative estimate of drug-likeness (QED) is 0.554. The van der Waals surface area contributed by atoms with E-state index in [1.54, 1.807) is 0 Å². The van der Waals surface area contributed by atoms with Crippen LogP contribution in [0.5, 0.6) is 0 Å². The Kier molecular flexibility index (Phi) is 5.71. The first kappa shape index (κ1) is 21.4. The molecule has 0 unspecified atom stereocenters. The molecule has 8 atom stereocenters. The molecular formula is C27H45NO. The predicted molar refractivity (Wildman–Crippen MR) is 121 cm³/mol. The third-order valence-electron chi connectivity index (χ3n) is 10.1. The number of rotatable bonds is 5. The van der Waals surface area contributed by atoms with E-state index in [-0.39, 0.29) is 5.41 Å². The van der Waals surface area contributed by atoms with E-state index in [4.69, 9.17) is 0 Å². The second-order valence-corrected chi connectivity index (χ2v) is 12.2. The molecule has 0 amide bonds. The lowest BCUT2D eigenvalue weighted by Crippen LogP contribution is -2.60. The molecule has 0 spiro atoms. The van der Waals surface area contributed by atoms with Crippen LogP contribution in [0.2, 0.25) is 0 Å². The van der Waals surface area contributed by atoms with Crippen molar-refractivity contribution in [2.24, 2.45) is 46.3 Å². The summed E-state index contributed by atoms with van der Waals surface area (Å²) in [5.74, 6) is 5.33. The normalized spacial score (nSPS) is 45.1. The third-order valence-corrected chi connectivity index (χ3v) is 10.1. The first-order valence-electron chi connectivity index (χ1n) is 12.7. The molecule has 0 radical (unpaired) electrons. The number of hydrogen-bond donors (Lipinski definition) is 1. The number of piperidine rings is 1. The summed E-state index contributed by atoms with van der Waals surface area (Å²) in [5, 5.41) is 3.85. The van der Waals surface area contributed by atoms with Crippen molar-refractivity contribution in [1.82, 2.24) is 5.32 Å². The van der Waals surface area contributed by atoms with E-state index >= 15 is 0 Å². The maximum absolute atomic E-state index is 12.1. The molecule has 1 N–H and O–H groups in total. The summed E-state index contributed by atoms with van der Waals surface area (Å²) in [6.07, 6.45) is 13.6. The fourth-order valence-corrected chi connectivity index (χ4v) is 8.51. The zero-order chi connectivity index (χ0) is 21.0. The summed E-state index contributed by atoms with van der Waals surface area (Å²) >= 11 is 0. The number of nitrogens with one attached hydrogen (secondary N) is 1. The van der Waals surface area contributed by atoms with Gasteiger partial charge in [0.25, 0.3) is 0 Å². The van der Waals surface area contributed by atoms with Gasteiger partial charge in [0.2, 0.25) is 0 Å². The van der Waals surface area contributed by atoms with Gasteiger partial charge in [-0.05, 0) is 80.0 Å². The number of ketones is 1. The zero-order valence-electron chi connectivity index (χ0n) is 19.9. The van der Waals surface area contributed by atoms with Gasteiger partial charge in [0, 0.05) is 29.7 Å². The molecule has 1 heterocycles. The molecule has 2 heteroatoms. The largest absolute Gasteiger partial charge is 0.385 e. The Morgan fingerprint density at radius 3 is 2.55 bits per heavy atom. The van der Waals surface area contributed by atoms with Gasteiger partial charge in [0.1, 0.15) is 0 Å². The van der Waals surface area contributed by atoms with Crippen molar-refractivity contribution in [2.75, 3.05) is 0 Å². The Morgan fingerprint density at radius 1 is 1.07 bits per heavy atom. The van der Waals surface area contributed by atoms with Gasteiger partial charge in [-0.3, -0.25) is 4.79 Å². The van der Waals surface area contributed by atoms with Crippen LogP contribution >= 0.6 is 0 Å². The molecule has 2 saturated carbocycles. The Labute approximate surface area is 179 Å². The molecule has 4 rings (SSSR count). The first-order chi connectivity index (χ1) is 13.7. The highest BCUT2D eigenvalue weighted by atomic mass is 16.1. The van der Waals surface area contributed by atoms with Crippen LogP contribution in [-0.4, -0.2) is 11.8 Å². The average molecular weight is 400 g/mol. The molecule has 3 aliphatic carbocycles. The van der Waals surface area contributed by atoms with Gasteiger partial charge in [0.15, 0.2) is 5.78 Å². The number of fused-ring (bicyclic) bond motifs is 5. The lowest BCUT2D eigenvalue weighted by atomic mass is 9.48. The maximum atomic E-state index is 12.1. The van der Waals surface area contributed by atoms with Gasteiger partial charge in [-0.1, -0.05) is 53.9 Å². The second-order valence-electron chi connectivity index (χ2n) is 12.2. The van der Waals surface area contributed by atoms with E-state index in [2.05, 4.69) is 46.9 Å². The van der Waals surface area contributed by atoms with E-state index in [0.717, 1.165) is 48.3 Å². The minimum Gasteiger partial charge on any atom is -0.385 e. The Bertz CT molecular complexity index is 665. The monoisotopic (exact) mass is 399 g/mol. The van der Waals surface area contributed by atoms with Gasteiger partial charge in [-0.25, -0.2) is 0 Å². The van der Waals surface area contributed by atoms with Crippen molar-refractivity contribution in [1.29, 1.82) is 0 Å². The van der Waals surface area contributed by atoms with E-state index in [1.165, 1.54) is 50.6 Å². The highest BCUT2D eigenvalue weighted by Gasteiger charge is 2.61.